The predicted molar refractivity (Wildman–Crippen MR) is 90.6 cm³/mol. The molecule has 0 saturated heterocycles. The molecular weight excluding hydrogens is 286 g/mol. The van der Waals surface area contributed by atoms with E-state index in [-0.39, 0.29) is 0 Å². The molecule has 0 amide bonds. The lowest BCUT2D eigenvalue weighted by atomic mass is 9.65. The summed E-state index contributed by atoms with van der Waals surface area (Å²) < 4.78 is -0.446. The van der Waals surface area contributed by atoms with Gasteiger partial charge < -0.3 is 5.21 Å². The summed E-state index contributed by atoms with van der Waals surface area (Å²) in [7, 11) is 0. The molecule has 118 valence electrons. The van der Waals surface area contributed by atoms with Crippen molar-refractivity contribution in [3.8, 4) is 0 Å². The fourth-order valence-electron chi connectivity index (χ4n) is 5.21. The molecule has 0 bridgehead atoms. The third-order valence-corrected chi connectivity index (χ3v) is 6.25. The molecule has 4 heteroatoms. The molecule has 2 fully saturated rings. The van der Waals surface area contributed by atoms with Gasteiger partial charge in [0, 0.05) is 11.6 Å². The lowest BCUT2D eigenvalue weighted by Crippen LogP contribution is -2.54. The van der Waals surface area contributed by atoms with Crippen LogP contribution in [0.2, 0.25) is 0 Å². The van der Waals surface area contributed by atoms with Gasteiger partial charge in [-0.2, -0.15) is 9.98 Å². The summed E-state index contributed by atoms with van der Waals surface area (Å²) in [5.41, 5.74) is 2.57. The highest BCUT2D eigenvalue weighted by Crippen LogP contribution is 2.51. The molecule has 23 heavy (non-hydrogen) atoms. The molecule has 2 aliphatic heterocycles. The Hall–Kier alpha value is -1.78. The van der Waals surface area contributed by atoms with E-state index in [1.807, 2.05) is 0 Å². The van der Waals surface area contributed by atoms with Crippen LogP contribution in [0, 0.1) is 23.0 Å². The minimum atomic E-state index is -0.446. The molecule has 1 aromatic rings. The van der Waals surface area contributed by atoms with Crippen LogP contribution < -0.4 is 0 Å². The monoisotopic (exact) mass is 307 g/mol. The highest BCUT2D eigenvalue weighted by molar-refractivity contribution is 6.03. The van der Waals surface area contributed by atoms with Crippen LogP contribution in [-0.4, -0.2) is 22.9 Å². The second-order valence-corrected chi connectivity index (χ2v) is 7.40. The van der Waals surface area contributed by atoms with Crippen molar-refractivity contribution in [1.29, 1.82) is 0 Å². The van der Waals surface area contributed by atoms with Crippen LogP contribution in [0.1, 0.15) is 37.2 Å². The molecule has 2 heterocycles. The summed E-state index contributed by atoms with van der Waals surface area (Å²) >= 11 is 0. The molecular formula is C19H21N3O. The van der Waals surface area contributed by atoms with Gasteiger partial charge in [0.25, 0.3) is 0 Å². The predicted octanol–water partition coefficient (Wildman–Crippen LogP) is 3.82. The SMILES string of the molecule is [O-][N+]12C=CN=C1N=C1C(c3ccccc3)CC3CCCC3C1C2. The Labute approximate surface area is 136 Å². The van der Waals surface area contributed by atoms with Crippen molar-refractivity contribution in [2.24, 2.45) is 27.7 Å². The Morgan fingerprint density at radius 3 is 2.87 bits per heavy atom. The first kappa shape index (κ1) is 13.6. The zero-order valence-corrected chi connectivity index (χ0v) is 13.1. The molecule has 4 aliphatic rings. The maximum Gasteiger partial charge on any atom is 0.333 e. The first-order valence-electron chi connectivity index (χ1n) is 8.73. The van der Waals surface area contributed by atoms with Crippen molar-refractivity contribution >= 4 is 11.7 Å². The fraction of sp³-hybridized carbons (Fsp3) is 0.474. The molecule has 5 rings (SSSR count). The van der Waals surface area contributed by atoms with E-state index >= 15 is 0 Å². The highest BCUT2D eigenvalue weighted by atomic mass is 16.6. The van der Waals surface area contributed by atoms with Crippen molar-refractivity contribution < 1.29 is 4.65 Å². The lowest BCUT2D eigenvalue weighted by molar-refractivity contribution is -0.737. The Kier molecular flexibility index (Phi) is 2.88. The summed E-state index contributed by atoms with van der Waals surface area (Å²) in [5.74, 6) is 2.51. The molecule has 5 unspecified atom stereocenters. The largest absolute Gasteiger partial charge is 0.620 e. The molecule has 0 aromatic heterocycles. The summed E-state index contributed by atoms with van der Waals surface area (Å²) in [4.78, 5) is 9.06. The third kappa shape index (κ3) is 1.98. The van der Waals surface area contributed by atoms with Gasteiger partial charge in [-0.25, -0.2) is 0 Å². The molecule has 2 saturated carbocycles. The van der Waals surface area contributed by atoms with Crippen LogP contribution in [0.15, 0.2) is 52.7 Å². The van der Waals surface area contributed by atoms with E-state index in [1.54, 1.807) is 12.4 Å². The smallest absolute Gasteiger partial charge is 0.333 e. The molecule has 1 aromatic carbocycles. The third-order valence-electron chi connectivity index (χ3n) is 6.25. The van der Waals surface area contributed by atoms with Gasteiger partial charge in [-0.1, -0.05) is 43.2 Å². The zero-order valence-electron chi connectivity index (χ0n) is 13.1. The number of fused-ring (bicyclic) bond motifs is 4. The van der Waals surface area contributed by atoms with Crippen LogP contribution in [0.4, 0.5) is 0 Å². The summed E-state index contributed by atoms with van der Waals surface area (Å²) in [6.45, 7) is 0.596. The molecule has 0 spiro atoms. The Morgan fingerprint density at radius 2 is 2.00 bits per heavy atom. The van der Waals surface area contributed by atoms with Gasteiger partial charge in [0.1, 0.15) is 6.20 Å². The van der Waals surface area contributed by atoms with Crippen LogP contribution in [0.25, 0.3) is 0 Å². The van der Waals surface area contributed by atoms with E-state index in [4.69, 9.17) is 4.99 Å². The van der Waals surface area contributed by atoms with Crippen molar-refractivity contribution in [2.45, 2.75) is 31.6 Å². The number of hydrogen-bond acceptors (Lipinski definition) is 3. The number of hydrogen-bond donors (Lipinski definition) is 0. The second kappa shape index (κ2) is 4.86. The number of hydroxylamine groups is 3. The normalized spacial score (nSPS) is 40.9. The average Bonchev–Trinajstić information content (AvgIpc) is 3.18. The van der Waals surface area contributed by atoms with Gasteiger partial charge in [-0.3, -0.25) is 4.65 Å². The minimum absolute atomic E-state index is 0.320. The van der Waals surface area contributed by atoms with Crippen LogP contribution in [0.3, 0.4) is 0 Å². The summed E-state index contributed by atoms with van der Waals surface area (Å²) in [5, 5.41) is 13.0. The summed E-state index contributed by atoms with van der Waals surface area (Å²) in [6.07, 6.45) is 8.35. The van der Waals surface area contributed by atoms with Crippen molar-refractivity contribution in [3.05, 3.63) is 53.5 Å². The molecule has 5 atom stereocenters. The molecule has 4 nitrogen and oxygen atoms in total. The number of aliphatic imine (C=N–C) groups is 2. The van der Waals surface area contributed by atoms with E-state index < -0.39 is 4.65 Å². The van der Waals surface area contributed by atoms with Crippen molar-refractivity contribution in [3.63, 3.8) is 0 Å². The quantitative estimate of drug-likeness (QED) is 0.575. The van der Waals surface area contributed by atoms with Gasteiger partial charge in [0.15, 0.2) is 0 Å². The number of benzene rings is 1. The lowest BCUT2D eigenvalue weighted by Gasteiger charge is -2.48. The topological polar surface area (TPSA) is 47.8 Å². The Bertz CT molecular complexity index is 723. The van der Waals surface area contributed by atoms with E-state index in [2.05, 4.69) is 35.3 Å². The van der Waals surface area contributed by atoms with Crippen LogP contribution in [0.5, 0.6) is 0 Å². The van der Waals surface area contributed by atoms with E-state index in [1.165, 1.54) is 37.0 Å². The zero-order chi connectivity index (χ0) is 15.4. The van der Waals surface area contributed by atoms with E-state index in [0.717, 1.165) is 5.92 Å². The number of guanidine groups is 1. The summed E-state index contributed by atoms with van der Waals surface area (Å²) in [6, 6.07) is 10.7. The first-order chi connectivity index (χ1) is 11.2. The van der Waals surface area contributed by atoms with Crippen LogP contribution >= 0.6 is 0 Å². The number of rotatable bonds is 1. The maximum absolute atomic E-state index is 13.0. The highest BCUT2D eigenvalue weighted by Gasteiger charge is 2.50. The molecule has 0 radical (unpaired) electrons. The van der Waals surface area contributed by atoms with Gasteiger partial charge in [-0.15, -0.1) is 0 Å². The van der Waals surface area contributed by atoms with Crippen molar-refractivity contribution in [1.82, 2.24) is 0 Å². The van der Waals surface area contributed by atoms with Crippen molar-refractivity contribution in [2.75, 3.05) is 6.54 Å². The van der Waals surface area contributed by atoms with Gasteiger partial charge >= 0.3 is 5.96 Å². The Morgan fingerprint density at radius 1 is 1.13 bits per heavy atom. The molecule has 0 N–H and O–H groups in total. The first-order valence-corrected chi connectivity index (χ1v) is 8.73. The molecule has 2 aliphatic carbocycles. The van der Waals surface area contributed by atoms with Crippen LogP contribution in [-0.2, 0) is 0 Å². The fourth-order valence-corrected chi connectivity index (χ4v) is 5.21. The Balaban J connectivity index is 1.62. The van der Waals surface area contributed by atoms with Gasteiger partial charge in [-0.05, 0) is 30.2 Å². The average molecular weight is 307 g/mol. The maximum atomic E-state index is 13.0. The van der Waals surface area contributed by atoms with E-state index in [9.17, 15) is 5.21 Å². The minimum Gasteiger partial charge on any atom is -0.620 e. The standard InChI is InChI=1S/C19H21N3O/c23-22-10-9-20-19(22)21-18-16(13-5-2-1-3-6-13)11-14-7-4-8-15(14)17(18)12-22/h1-3,5-6,9-10,14-17H,4,7-8,11-12H2. The van der Waals surface area contributed by atoms with E-state index in [0.29, 0.717) is 30.3 Å². The number of nitrogens with zero attached hydrogens (tertiary/aromatic N) is 3. The second-order valence-electron chi connectivity index (χ2n) is 7.40. The number of quaternary nitrogens is 1. The van der Waals surface area contributed by atoms with Gasteiger partial charge in [0.05, 0.1) is 18.7 Å². The van der Waals surface area contributed by atoms with Gasteiger partial charge in [0.2, 0.25) is 0 Å².